The normalized spacial score (nSPS) is 10.6. The van der Waals surface area contributed by atoms with Crippen molar-refractivity contribution in [3.8, 4) is 0 Å². The molecular weight excluding hydrogens is 238 g/mol. The number of aromatic nitrogens is 2. The van der Waals surface area contributed by atoms with E-state index in [0.717, 1.165) is 26.9 Å². The Bertz CT molecular complexity index is 472. The molecule has 16 heavy (non-hydrogen) atoms. The van der Waals surface area contributed by atoms with E-state index in [2.05, 4.69) is 9.97 Å². The molecule has 0 aliphatic rings. The molecule has 1 aromatic carbocycles. The van der Waals surface area contributed by atoms with Crippen LogP contribution in [-0.4, -0.2) is 33.3 Å². The molecule has 1 aromatic heterocycles. The molecule has 0 radical (unpaired) electrons. The van der Waals surface area contributed by atoms with Crippen LogP contribution in [0.2, 0.25) is 0 Å². The van der Waals surface area contributed by atoms with Gasteiger partial charge in [-0.3, -0.25) is 0 Å². The quantitative estimate of drug-likeness (QED) is 0.832. The number of benzene rings is 1. The fourth-order valence-electron chi connectivity index (χ4n) is 1.33. The number of thiocarbonyl (C=S) groups is 1. The first kappa shape index (κ1) is 11.4. The summed E-state index contributed by atoms with van der Waals surface area (Å²) in [5.74, 6) is 1.75. The van der Waals surface area contributed by atoms with Crippen LogP contribution in [0.4, 0.5) is 0 Å². The molecule has 2 aromatic rings. The molecule has 0 fully saturated rings. The highest BCUT2D eigenvalue weighted by molar-refractivity contribution is 8.22. The largest absolute Gasteiger partial charge is 0.364 e. The highest BCUT2D eigenvalue weighted by Gasteiger charge is 2.05. The third kappa shape index (κ3) is 2.54. The minimum Gasteiger partial charge on any atom is -0.364 e. The van der Waals surface area contributed by atoms with Crippen LogP contribution < -0.4 is 0 Å². The van der Waals surface area contributed by atoms with Gasteiger partial charge in [-0.15, -0.1) is 0 Å². The summed E-state index contributed by atoms with van der Waals surface area (Å²) >= 11 is 6.82. The highest BCUT2D eigenvalue weighted by atomic mass is 32.2. The lowest BCUT2D eigenvalue weighted by atomic mass is 10.3. The van der Waals surface area contributed by atoms with Gasteiger partial charge in [-0.05, 0) is 12.1 Å². The second-order valence-corrected chi connectivity index (χ2v) is 5.26. The number of hydrogen-bond acceptors (Lipinski definition) is 3. The van der Waals surface area contributed by atoms with Crippen molar-refractivity contribution in [1.29, 1.82) is 0 Å². The number of hydrogen-bond donors (Lipinski definition) is 1. The van der Waals surface area contributed by atoms with Gasteiger partial charge in [-0.25, -0.2) is 4.98 Å². The molecule has 0 bridgehead atoms. The molecule has 0 atom stereocenters. The Hall–Kier alpha value is -1.07. The van der Waals surface area contributed by atoms with E-state index in [9.17, 15) is 0 Å². The van der Waals surface area contributed by atoms with Crippen LogP contribution in [0, 0.1) is 0 Å². The zero-order valence-corrected chi connectivity index (χ0v) is 10.9. The molecule has 0 saturated carbocycles. The molecule has 5 heteroatoms. The number of fused-ring (bicyclic) bond motifs is 1. The van der Waals surface area contributed by atoms with E-state index in [1.165, 1.54) is 0 Å². The average molecular weight is 251 g/mol. The van der Waals surface area contributed by atoms with Gasteiger partial charge in [-0.1, -0.05) is 36.1 Å². The highest BCUT2D eigenvalue weighted by Crippen LogP contribution is 2.16. The maximum Gasteiger partial charge on any atom is 0.136 e. The molecule has 0 aliphatic heterocycles. The molecule has 0 spiro atoms. The molecule has 0 amide bonds. The fourth-order valence-corrected chi connectivity index (χ4v) is 2.17. The number of nitrogens with zero attached hydrogens (tertiary/aromatic N) is 2. The Morgan fingerprint density at radius 3 is 2.88 bits per heavy atom. The standard InChI is InChI=1S/C11H13N3S2/c1-14(2)11(15)16-7-10-12-8-5-3-4-6-9(8)13-10/h3-6H,7H2,1-2H3,(H,12,13). The van der Waals surface area contributed by atoms with Crippen molar-refractivity contribution >= 4 is 39.3 Å². The molecule has 2 rings (SSSR count). The van der Waals surface area contributed by atoms with E-state index in [1.54, 1.807) is 11.8 Å². The van der Waals surface area contributed by atoms with Gasteiger partial charge in [0, 0.05) is 14.1 Å². The second-order valence-electron chi connectivity index (χ2n) is 3.65. The van der Waals surface area contributed by atoms with Gasteiger partial charge in [0.15, 0.2) is 0 Å². The van der Waals surface area contributed by atoms with E-state index in [1.807, 2.05) is 43.3 Å². The SMILES string of the molecule is CN(C)C(=S)SCc1nc2ccccc2[nH]1. The lowest BCUT2D eigenvalue weighted by Crippen LogP contribution is -2.16. The second kappa shape index (κ2) is 4.84. The molecule has 0 saturated heterocycles. The molecule has 0 unspecified atom stereocenters. The average Bonchev–Trinajstić information content (AvgIpc) is 2.68. The minimum absolute atomic E-state index is 0.783. The van der Waals surface area contributed by atoms with Crippen molar-refractivity contribution < 1.29 is 0 Å². The first-order valence-corrected chi connectivity index (χ1v) is 6.34. The van der Waals surface area contributed by atoms with Gasteiger partial charge in [0.2, 0.25) is 0 Å². The summed E-state index contributed by atoms with van der Waals surface area (Å²) in [5, 5.41) is 0. The van der Waals surface area contributed by atoms with Crippen LogP contribution in [0.5, 0.6) is 0 Å². The predicted molar refractivity (Wildman–Crippen MR) is 73.7 cm³/mol. The van der Waals surface area contributed by atoms with E-state index < -0.39 is 0 Å². The summed E-state index contributed by atoms with van der Waals surface area (Å²) in [5.41, 5.74) is 2.09. The Morgan fingerprint density at radius 1 is 1.44 bits per heavy atom. The van der Waals surface area contributed by atoms with Crippen LogP contribution in [0.1, 0.15) is 5.82 Å². The number of para-hydroxylation sites is 2. The molecule has 1 heterocycles. The topological polar surface area (TPSA) is 31.9 Å². The van der Waals surface area contributed by atoms with Crippen LogP contribution in [-0.2, 0) is 5.75 Å². The Morgan fingerprint density at radius 2 is 2.19 bits per heavy atom. The Balaban J connectivity index is 2.07. The van der Waals surface area contributed by atoms with Crippen molar-refractivity contribution in [3.63, 3.8) is 0 Å². The van der Waals surface area contributed by atoms with Gasteiger partial charge >= 0.3 is 0 Å². The van der Waals surface area contributed by atoms with E-state index >= 15 is 0 Å². The smallest absolute Gasteiger partial charge is 0.136 e. The first-order valence-electron chi connectivity index (χ1n) is 4.94. The zero-order chi connectivity index (χ0) is 11.5. The summed E-state index contributed by atoms with van der Waals surface area (Å²) in [6, 6.07) is 8.03. The lowest BCUT2D eigenvalue weighted by molar-refractivity contribution is 0.648. The molecule has 1 N–H and O–H groups in total. The zero-order valence-electron chi connectivity index (χ0n) is 9.23. The third-order valence-electron chi connectivity index (χ3n) is 2.14. The number of thioether (sulfide) groups is 1. The monoisotopic (exact) mass is 251 g/mol. The molecule has 3 nitrogen and oxygen atoms in total. The third-order valence-corrected chi connectivity index (χ3v) is 3.88. The van der Waals surface area contributed by atoms with Crippen molar-refractivity contribution in [1.82, 2.24) is 14.9 Å². The number of H-pyrrole nitrogens is 1. The summed E-state index contributed by atoms with van der Waals surface area (Å²) in [7, 11) is 3.90. The Labute approximate surface area is 104 Å². The van der Waals surface area contributed by atoms with Crippen molar-refractivity contribution in [2.45, 2.75) is 5.75 Å². The van der Waals surface area contributed by atoms with E-state index in [0.29, 0.717) is 0 Å². The van der Waals surface area contributed by atoms with Crippen molar-refractivity contribution in [3.05, 3.63) is 30.1 Å². The minimum atomic E-state index is 0.783. The molecule has 84 valence electrons. The maximum absolute atomic E-state index is 5.21. The van der Waals surface area contributed by atoms with Crippen molar-refractivity contribution in [2.24, 2.45) is 0 Å². The summed E-state index contributed by atoms with van der Waals surface area (Å²) in [6.45, 7) is 0. The number of aromatic amines is 1. The van der Waals surface area contributed by atoms with Gasteiger partial charge in [0.05, 0.1) is 16.8 Å². The van der Waals surface area contributed by atoms with Gasteiger partial charge in [-0.2, -0.15) is 0 Å². The maximum atomic E-state index is 5.21. The number of nitrogens with one attached hydrogen (secondary N) is 1. The van der Waals surface area contributed by atoms with Gasteiger partial charge < -0.3 is 9.88 Å². The fraction of sp³-hybridized carbons (Fsp3) is 0.273. The van der Waals surface area contributed by atoms with Crippen LogP contribution in [0.3, 0.4) is 0 Å². The molecular formula is C11H13N3S2. The van der Waals surface area contributed by atoms with Crippen LogP contribution in [0.15, 0.2) is 24.3 Å². The van der Waals surface area contributed by atoms with Gasteiger partial charge in [0.1, 0.15) is 10.1 Å². The Kier molecular flexibility index (Phi) is 3.46. The summed E-state index contributed by atoms with van der Waals surface area (Å²) < 4.78 is 0.875. The number of rotatable bonds is 2. The van der Waals surface area contributed by atoms with Crippen LogP contribution >= 0.6 is 24.0 Å². The number of imidazole rings is 1. The summed E-state index contributed by atoms with van der Waals surface area (Å²) in [4.78, 5) is 9.70. The van der Waals surface area contributed by atoms with Crippen molar-refractivity contribution in [2.75, 3.05) is 14.1 Å². The van der Waals surface area contributed by atoms with Gasteiger partial charge in [0.25, 0.3) is 0 Å². The van der Waals surface area contributed by atoms with E-state index in [-0.39, 0.29) is 0 Å². The first-order chi connectivity index (χ1) is 7.66. The predicted octanol–water partition coefficient (Wildman–Crippen LogP) is 2.64. The molecule has 0 aliphatic carbocycles. The van der Waals surface area contributed by atoms with Crippen LogP contribution in [0.25, 0.3) is 11.0 Å². The lowest BCUT2D eigenvalue weighted by Gasteiger charge is -2.11. The van der Waals surface area contributed by atoms with E-state index in [4.69, 9.17) is 12.2 Å². The summed E-state index contributed by atoms with van der Waals surface area (Å²) in [6.07, 6.45) is 0.